The van der Waals surface area contributed by atoms with E-state index in [4.69, 9.17) is 12.2 Å². The quantitative estimate of drug-likeness (QED) is 0.719. The molecule has 0 radical (unpaired) electrons. The Balaban J connectivity index is 2.01. The molecule has 3 N–H and O–H groups in total. The van der Waals surface area contributed by atoms with Crippen molar-refractivity contribution >= 4 is 44.9 Å². The minimum atomic E-state index is -0.978. The largest absolute Gasteiger partial charge is 0.478 e. The maximum absolute atomic E-state index is 11.2. The van der Waals surface area contributed by atoms with E-state index in [1.54, 1.807) is 18.2 Å². The van der Waals surface area contributed by atoms with Crippen molar-refractivity contribution in [3.63, 3.8) is 0 Å². The highest BCUT2D eigenvalue weighted by Crippen LogP contribution is 2.22. The Morgan fingerprint density at radius 2 is 2.00 bits per heavy atom. The number of hydrogen-bond acceptors (Lipinski definition) is 2. The number of carboxylic acids is 1. The fourth-order valence-corrected chi connectivity index (χ4v) is 3.03. The molecular weight excluding hydrogens is 340 g/mol. The Labute approximate surface area is 132 Å². The molecule has 20 heavy (non-hydrogen) atoms. The summed E-state index contributed by atoms with van der Waals surface area (Å²) in [6.07, 6.45) is 5.97. The molecular formula is C14H17BrN2O2S. The lowest BCUT2D eigenvalue weighted by Gasteiger charge is -2.24. The standard InChI is InChI=1S/C14H17BrN2O2S/c15-9-6-7-12(11(8-9)13(18)19)17-14(20)16-10-4-2-1-3-5-10/h6-8,10H,1-5H2,(H,18,19)(H2,16,17,20). The van der Waals surface area contributed by atoms with E-state index in [9.17, 15) is 9.90 Å². The highest BCUT2D eigenvalue weighted by atomic mass is 79.9. The average molecular weight is 357 g/mol. The van der Waals surface area contributed by atoms with Crippen LogP contribution < -0.4 is 10.6 Å². The predicted octanol–water partition coefficient (Wildman–Crippen LogP) is 3.77. The number of hydrogen-bond donors (Lipinski definition) is 3. The van der Waals surface area contributed by atoms with Crippen molar-refractivity contribution < 1.29 is 9.90 Å². The van der Waals surface area contributed by atoms with Gasteiger partial charge >= 0.3 is 5.97 Å². The molecule has 0 heterocycles. The zero-order valence-electron chi connectivity index (χ0n) is 11.0. The van der Waals surface area contributed by atoms with Crippen LogP contribution in [0.2, 0.25) is 0 Å². The summed E-state index contributed by atoms with van der Waals surface area (Å²) in [6.45, 7) is 0. The van der Waals surface area contributed by atoms with Crippen molar-refractivity contribution in [2.75, 3.05) is 5.32 Å². The van der Waals surface area contributed by atoms with Gasteiger partial charge in [-0.3, -0.25) is 0 Å². The fourth-order valence-electron chi connectivity index (χ4n) is 2.39. The molecule has 1 saturated carbocycles. The molecule has 0 aliphatic heterocycles. The van der Waals surface area contributed by atoms with Crippen LogP contribution >= 0.6 is 28.1 Å². The first kappa shape index (κ1) is 15.3. The molecule has 0 unspecified atom stereocenters. The smallest absolute Gasteiger partial charge is 0.337 e. The van der Waals surface area contributed by atoms with Crippen molar-refractivity contribution in [2.24, 2.45) is 0 Å². The Morgan fingerprint density at radius 3 is 2.65 bits per heavy atom. The number of halogens is 1. The molecule has 1 aromatic carbocycles. The molecule has 2 rings (SSSR count). The highest BCUT2D eigenvalue weighted by Gasteiger charge is 2.16. The second-order valence-electron chi connectivity index (χ2n) is 4.93. The summed E-state index contributed by atoms with van der Waals surface area (Å²) in [5, 5.41) is 15.9. The summed E-state index contributed by atoms with van der Waals surface area (Å²) in [4.78, 5) is 11.2. The number of rotatable bonds is 3. The third-order valence-corrected chi connectivity index (χ3v) is 4.11. The molecule has 0 spiro atoms. The van der Waals surface area contributed by atoms with Crippen LogP contribution in [-0.4, -0.2) is 22.2 Å². The van der Waals surface area contributed by atoms with E-state index in [0.717, 1.165) is 17.3 Å². The van der Waals surface area contributed by atoms with Gasteiger partial charge in [-0.05, 0) is 43.3 Å². The number of aromatic carboxylic acids is 1. The van der Waals surface area contributed by atoms with Gasteiger partial charge in [-0.2, -0.15) is 0 Å². The molecule has 4 nitrogen and oxygen atoms in total. The van der Waals surface area contributed by atoms with E-state index in [2.05, 4.69) is 26.6 Å². The zero-order chi connectivity index (χ0) is 14.5. The minimum absolute atomic E-state index is 0.201. The fraction of sp³-hybridized carbons (Fsp3) is 0.429. The Bertz CT molecular complexity index is 516. The van der Waals surface area contributed by atoms with Gasteiger partial charge in [0, 0.05) is 10.5 Å². The van der Waals surface area contributed by atoms with E-state index in [1.807, 2.05) is 0 Å². The lowest BCUT2D eigenvalue weighted by molar-refractivity contribution is 0.0698. The third kappa shape index (κ3) is 4.18. The average Bonchev–Trinajstić information content (AvgIpc) is 2.41. The second-order valence-corrected chi connectivity index (χ2v) is 6.25. The van der Waals surface area contributed by atoms with Crippen molar-refractivity contribution in [1.82, 2.24) is 5.32 Å². The van der Waals surface area contributed by atoms with Gasteiger partial charge in [-0.1, -0.05) is 35.2 Å². The Kier molecular flexibility index (Phi) is 5.37. The second kappa shape index (κ2) is 7.04. The lowest BCUT2D eigenvalue weighted by atomic mass is 9.96. The molecule has 0 aromatic heterocycles. The van der Waals surface area contributed by atoms with Gasteiger partial charge in [0.15, 0.2) is 5.11 Å². The van der Waals surface area contributed by atoms with Crippen LogP contribution in [0.15, 0.2) is 22.7 Å². The number of carbonyl (C=O) groups is 1. The van der Waals surface area contributed by atoms with Crippen LogP contribution in [-0.2, 0) is 0 Å². The zero-order valence-corrected chi connectivity index (χ0v) is 13.4. The van der Waals surface area contributed by atoms with E-state index in [0.29, 0.717) is 16.8 Å². The third-order valence-electron chi connectivity index (χ3n) is 3.40. The van der Waals surface area contributed by atoms with Crippen LogP contribution in [0.25, 0.3) is 0 Å². The number of anilines is 1. The Hall–Kier alpha value is -1.14. The molecule has 1 aliphatic carbocycles. The summed E-state index contributed by atoms with van der Waals surface area (Å²) in [5.41, 5.74) is 0.709. The van der Waals surface area contributed by atoms with Gasteiger partial charge in [-0.15, -0.1) is 0 Å². The topological polar surface area (TPSA) is 61.4 Å². The monoisotopic (exact) mass is 356 g/mol. The molecule has 0 bridgehead atoms. The SMILES string of the molecule is O=C(O)c1cc(Br)ccc1NC(=S)NC1CCCCC1. The molecule has 0 atom stereocenters. The van der Waals surface area contributed by atoms with Gasteiger partial charge in [0.2, 0.25) is 0 Å². The van der Waals surface area contributed by atoms with Crippen LogP contribution in [0.4, 0.5) is 5.69 Å². The van der Waals surface area contributed by atoms with E-state index >= 15 is 0 Å². The molecule has 1 aliphatic rings. The number of carboxylic acid groups (broad SMARTS) is 1. The van der Waals surface area contributed by atoms with E-state index in [1.165, 1.54) is 19.3 Å². The molecule has 1 aromatic rings. The van der Waals surface area contributed by atoms with Crippen molar-refractivity contribution in [2.45, 2.75) is 38.1 Å². The maximum atomic E-state index is 11.2. The lowest BCUT2D eigenvalue weighted by Crippen LogP contribution is -2.39. The summed E-state index contributed by atoms with van der Waals surface area (Å²) >= 11 is 8.54. The highest BCUT2D eigenvalue weighted by molar-refractivity contribution is 9.10. The van der Waals surface area contributed by atoms with Crippen LogP contribution in [0, 0.1) is 0 Å². The summed E-state index contributed by atoms with van der Waals surface area (Å²) in [7, 11) is 0. The van der Waals surface area contributed by atoms with Gasteiger partial charge in [0.25, 0.3) is 0 Å². The number of benzene rings is 1. The number of nitrogens with one attached hydrogen (secondary N) is 2. The normalized spacial score (nSPS) is 15.7. The molecule has 0 amide bonds. The summed E-state index contributed by atoms with van der Waals surface area (Å²) in [6, 6.07) is 5.46. The van der Waals surface area contributed by atoms with Gasteiger partial charge in [0.05, 0.1) is 11.3 Å². The first-order chi connectivity index (χ1) is 9.56. The molecule has 1 fully saturated rings. The predicted molar refractivity (Wildman–Crippen MR) is 87.3 cm³/mol. The minimum Gasteiger partial charge on any atom is -0.478 e. The summed E-state index contributed by atoms with van der Waals surface area (Å²) < 4.78 is 0.728. The van der Waals surface area contributed by atoms with Gasteiger partial charge in [0.1, 0.15) is 0 Å². The van der Waals surface area contributed by atoms with Gasteiger partial charge < -0.3 is 15.7 Å². The van der Waals surface area contributed by atoms with Crippen molar-refractivity contribution in [3.8, 4) is 0 Å². The van der Waals surface area contributed by atoms with E-state index < -0.39 is 5.97 Å². The molecule has 0 saturated heterocycles. The van der Waals surface area contributed by atoms with Crippen molar-refractivity contribution in [1.29, 1.82) is 0 Å². The van der Waals surface area contributed by atoms with Crippen LogP contribution in [0.1, 0.15) is 42.5 Å². The van der Waals surface area contributed by atoms with Crippen LogP contribution in [0.5, 0.6) is 0 Å². The Morgan fingerprint density at radius 1 is 1.30 bits per heavy atom. The first-order valence-electron chi connectivity index (χ1n) is 6.66. The first-order valence-corrected chi connectivity index (χ1v) is 7.87. The van der Waals surface area contributed by atoms with Crippen LogP contribution in [0.3, 0.4) is 0 Å². The van der Waals surface area contributed by atoms with Gasteiger partial charge in [-0.25, -0.2) is 4.79 Å². The molecule has 6 heteroatoms. The summed E-state index contributed by atoms with van der Waals surface area (Å²) in [5.74, 6) is -0.978. The van der Waals surface area contributed by atoms with E-state index in [-0.39, 0.29) is 5.56 Å². The van der Waals surface area contributed by atoms with Crippen molar-refractivity contribution in [3.05, 3.63) is 28.2 Å². The number of thiocarbonyl (C=S) groups is 1. The molecule has 108 valence electrons. The maximum Gasteiger partial charge on any atom is 0.337 e.